The van der Waals surface area contributed by atoms with E-state index in [0.29, 0.717) is 0 Å². The van der Waals surface area contributed by atoms with Crippen LogP contribution in [0.15, 0.2) is 78.9 Å². The number of hydrogen-bond donors (Lipinski definition) is 0. The standard InChI is InChI=1S/C28H26N2/c1-20-12-13-25-23(16-20)24-17-29-15-14-27(19-29)18-28(30(25)26(24)27,21-8-4-2-5-9-21)22-10-6-3-7-11-22/h2-13,16H,14-15,17-19H2,1H3. The van der Waals surface area contributed by atoms with Crippen molar-refractivity contribution in [1.29, 1.82) is 0 Å². The minimum absolute atomic E-state index is 0.149. The van der Waals surface area contributed by atoms with Gasteiger partial charge in [-0.25, -0.2) is 0 Å². The molecule has 2 heteroatoms. The van der Waals surface area contributed by atoms with Crippen LogP contribution in [0.2, 0.25) is 0 Å². The van der Waals surface area contributed by atoms with Crippen LogP contribution in [0.3, 0.4) is 0 Å². The first-order valence-corrected chi connectivity index (χ1v) is 11.2. The molecule has 0 radical (unpaired) electrons. The quantitative estimate of drug-likeness (QED) is 0.432. The van der Waals surface area contributed by atoms with E-state index in [1.165, 1.54) is 47.1 Å². The number of fused-ring (bicyclic) bond motifs is 4. The molecule has 3 aliphatic heterocycles. The summed E-state index contributed by atoms with van der Waals surface area (Å²) in [7, 11) is 0. The van der Waals surface area contributed by atoms with E-state index in [9.17, 15) is 0 Å². The highest BCUT2D eigenvalue weighted by molar-refractivity contribution is 5.89. The molecule has 7 rings (SSSR count). The molecule has 3 aromatic carbocycles. The molecule has 1 fully saturated rings. The molecule has 30 heavy (non-hydrogen) atoms. The Bertz CT molecular complexity index is 1250. The first-order valence-electron chi connectivity index (χ1n) is 11.2. The van der Waals surface area contributed by atoms with Crippen molar-refractivity contribution < 1.29 is 0 Å². The number of nitrogens with zero attached hydrogens (tertiary/aromatic N) is 2. The third-order valence-electron chi connectivity index (χ3n) is 8.02. The fourth-order valence-corrected chi connectivity index (χ4v) is 6.95. The second kappa shape index (κ2) is 5.65. The van der Waals surface area contributed by atoms with Gasteiger partial charge >= 0.3 is 0 Å². The average molecular weight is 391 g/mol. The van der Waals surface area contributed by atoms with Crippen molar-refractivity contribution in [2.24, 2.45) is 0 Å². The minimum atomic E-state index is -0.149. The van der Waals surface area contributed by atoms with E-state index in [1.54, 1.807) is 11.3 Å². The predicted molar refractivity (Wildman–Crippen MR) is 122 cm³/mol. The average Bonchev–Trinajstić information content (AvgIpc) is 3.41. The molecule has 3 aliphatic rings. The van der Waals surface area contributed by atoms with Crippen LogP contribution in [0.4, 0.5) is 0 Å². The Balaban J connectivity index is 1.67. The molecule has 0 saturated carbocycles. The molecule has 148 valence electrons. The van der Waals surface area contributed by atoms with Crippen molar-refractivity contribution in [3.63, 3.8) is 0 Å². The van der Waals surface area contributed by atoms with Crippen LogP contribution in [0.5, 0.6) is 0 Å². The molecule has 2 unspecified atom stereocenters. The van der Waals surface area contributed by atoms with Gasteiger partial charge in [0.05, 0.1) is 5.54 Å². The molecule has 4 heterocycles. The molecule has 0 amide bonds. The maximum Gasteiger partial charge on any atom is 0.0961 e. The highest BCUT2D eigenvalue weighted by Crippen LogP contribution is 2.60. The summed E-state index contributed by atoms with van der Waals surface area (Å²) in [5.74, 6) is 0. The molecule has 2 bridgehead atoms. The van der Waals surface area contributed by atoms with Gasteiger partial charge in [0.25, 0.3) is 0 Å². The van der Waals surface area contributed by atoms with E-state index in [2.05, 4.69) is 95.3 Å². The lowest BCUT2D eigenvalue weighted by Gasteiger charge is -2.36. The summed E-state index contributed by atoms with van der Waals surface area (Å²) in [6.45, 7) is 5.76. The van der Waals surface area contributed by atoms with Gasteiger partial charge in [-0.05, 0) is 55.1 Å². The van der Waals surface area contributed by atoms with Gasteiger partial charge in [0.2, 0.25) is 0 Å². The Morgan fingerprint density at radius 1 is 0.833 bits per heavy atom. The summed E-state index contributed by atoms with van der Waals surface area (Å²) >= 11 is 0. The van der Waals surface area contributed by atoms with Crippen LogP contribution >= 0.6 is 0 Å². The van der Waals surface area contributed by atoms with Crippen LogP contribution in [-0.4, -0.2) is 22.6 Å². The SMILES string of the molecule is Cc1ccc2c(c1)c1c3n2C(c2ccccc2)(c2ccccc2)CC32CCN(C1)C2. The second-order valence-corrected chi connectivity index (χ2v) is 9.69. The van der Waals surface area contributed by atoms with Gasteiger partial charge in [-0.3, -0.25) is 4.90 Å². The summed E-state index contributed by atoms with van der Waals surface area (Å²) in [5.41, 5.74) is 8.92. The van der Waals surface area contributed by atoms with Gasteiger partial charge in [-0.2, -0.15) is 0 Å². The highest BCUT2D eigenvalue weighted by atomic mass is 15.2. The van der Waals surface area contributed by atoms with Gasteiger partial charge in [-0.15, -0.1) is 0 Å². The highest BCUT2D eigenvalue weighted by Gasteiger charge is 2.59. The Morgan fingerprint density at radius 3 is 2.23 bits per heavy atom. The zero-order valence-electron chi connectivity index (χ0n) is 17.4. The number of hydrogen-bond acceptors (Lipinski definition) is 1. The lowest BCUT2D eigenvalue weighted by atomic mass is 9.70. The largest absolute Gasteiger partial charge is 0.329 e. The fourth-order valence-electron chi connectivity index (χ4n) is 6.95. The Morgan fingerprint density at radius 2 is 1.53 bits per heavy atom. The van der Waals surface area contributed by atoms with Crippen LogP contribution in [0.25, 0.3) is 10.9 Å². The van der Waals surface area contributed by atoms with Crippen LogP contribution in [-0.2, 0) is 17.5 Å². The van der Waals surface area contributed by atoms with Crippen molar-refractivity contribution in [2.75, 3.05) is 13.1 Å². The summed E-state index contributed by atoms with van der Waals surface area (Å²) in [6.07, 6.45) is 2.44. The summed E-state index contributed by atoms with van der Waals surface area (Å²) in [4.78, 5) is 2.69. The number of rotatable bonds is 2. The lowest BCUT2D eigenvalue weighted by Crippen LogP contribution is -2.37. The predicted octanol–water partition coefficient (Wildman–Crippen LogP) is 5.60. The molecule has 2 atom stereocenters. The van der Waals surface area contributed by atoms with E-state index >= 15 is 0 Å². The van der Waals surface area contributed by atoms with Crippen LogP contribution < -0.4 is 0 Å². The van der Waals surface area contributed by atoms with E-state index in [1.807, 2.05) is 0 Å². The topological polar surface area (TPSA) is 8.17 Å². The van der Waals surface area contributed by atoms with Crippen molar-refractivity contribution in [3.05, 3.63) is 107 Å². The molecule has 0 aliphatic carbocycles. The monoisotopic (exact) mass is 390 g/mol. The molecule has 2 nitrogen and oxygen atoms in total. The van der Waals surface area contributed by atoms with Gasteiger partial charge in [-0.1, -0.05) is 72.3 Å². The van der Waals surface area contributed by atoms with E-state index in [-0.39, 0.29) is 11.0 Å². The van der Waals surface area contributed by atoms with Crippen molar-refractivity contribution in [2.45, 2.75) is 37.3 Å². The Hall–Kier alpha value is -2.84. The lowest BCUT2D eigenvalue weighted by molar-refractivity contribution is 0.272. The molecule has 1 aromatic heterocycles. The van der Waals surface area contributed by atoms with Gasteiger partial charge < -0.3 is 4.57 Å². The normalized spacial score (nSPS) is 25.6. The number of aryl methyl sites for hydroxylation is 1. The van der Waals surface area contributed by atoms with Crippen LogP contribution in [0, 0.1) is 6.92 Å². The van der Waals surface area contributed by atoms with Gasteiger partial charge in [0.15, 0.2) is 0 Å². The second-order valence-electron chi connectivity index (χ2n) is 9.69. The van der Waals surface area contributed by atoms with E-state index < -0.39 is 0 Å². The number of aromatic nitrogens is 1. The molecule has 1 spiro atoms. The van der Waals surface area contributed by atoms with E-state index in [0.717, 1.165) is 13.0 Å². The van der Waals surface area contributed by atoms with Crippen molar-refractivity contribution in [1.82, 2.24) is 9.47 Å². The molecule has 1 saturated heterocycles. The van der Waals surface area contributed by atoms with Gasteiger partial charge in [0, 0.05) is 35.1 Å². The van der Waals surface area contributed by atoms with Gasteiger partial charge in [0.1, 0.15) is 0 Å². The van der Waals surface area contributed by atoms with Crippen LogP contribution in [0.1, 0.15) is 40.8 Å². The zero-order valence-corrected chi connectivity index (χ0v) is 17.4. The molecule has 0 N–H and O–H groups in total. The minimum Gasteiger partial charge on any atom is -0.329 e. The number of benzene rings is 3. The fraction of sp³-hybridized carbons (Fsp3) is 0.286. The maximum atomic E-state index is 2.77. The molecular weight excluding hydrogens is 364 g/mol. The first-order chi connectivity index (χ1) is 14.7. The summed E-state index contributed by atoms with van der Waals surface area (Å²) in [6, 6.07) is 29.6. The summed E-state index contributed by atoms with van der Waals surface area (Å²) < 4.78 is 2.77. The Labute approximate surface area is 177 Å². The van der Waals surface area contributed by atoms with E-state index in [4.69, 9.17) is 0 Å². The molecule has 4 aromatic rings. The summed E-state index contributed by atoms with van der Waals surface area (Å²) in [5, 5.41) is 1.47. The van der Waals surface area contributed by atoms with Crippen molar-refractivity contribution in [3.8, 4) is 0 Å². The molecular formula is C28H26N2. The maximum absolute atomic E-state index is 2.77. The first kappa shape index (κ1) is 16.9. The Kier molecular flexibility index (Phi) is 3.18. The zero-order chi connectivity index (χ0) is 19.9. The third kappa shape index (κ3) is 1.93. The third-order valence-corrected chi connectivity index (χ3v) is 8.02. The van der Waals surface area contributed by atoms with Crippen molar-refractivity contribution >= 4 is 10.9 Å². The smallest absolute Gasteiger partial charge is 0.0961 e.